The van der Waals surface area contributed by atoms with E-state index in [9.17, 15) is 0 Å². The van der Waals surface area contributed by atoms with Crippen molar-refractivity contribution in [2.75, 3.05) is 27.3 Å². The van der Waals surface area contributed by atoms with E-state index < -0.39 is 0 Å². The van der Waals surface area contributed by atoms with Crippen LogP contribution >= 0.6 is 0 Å². The lowest BCUT2D eigenvalue weighted by Gasteiger charge is -2.32. The number of ether oxygens (including phenoxy) is 2. The van der Waals surface area contributed by atoms with E-state index in [4.69, 9.17) is 9.47 Å². The Hall–Kier alpha value is -1.22. The van der Waals surface area contributed by atoms with Gasteiger partial charge in [-0.1, -0.05) is 6.92 Å². The Morgan fingerprint density at radius 1 is 1.17 bits per heavy atom. The summed E-state index contributed by atoms with van der Waals surface area (Å²) in [5, 5.41) is 0. The molecule has 0 bridgehead atoms. The monoisotopic (exact) mass is 247 g/mol. The number of hydrogen-bond donors (Lipinski definition) is 0. The minimum absolute atomic E-state index is 0.587. The summed E-state index contributed by atoms with van der Waals surface area (Å²) < 4.78 is 10.8. The molecule has 2 heterocycles. The molecule has 1 fully saturated rings. The summed E-state index contributed by atoms with van der Waals surface area (Å²) in [6, 6.07) is 4.93. The lowest BCUT2D eigenvalue weighted by atomic mass is 9.91. The summed E-state index contributed by atoms with van der Waals surface area (Å²) >= 11 is 0. The molecule has 98 valence electrons. The number of nitrogens with zero attached hydrogens (tertiary/aromatic N) is 1. The first-order valence-corrected chi connectivity index (χ1v) is 6.71. The quantitative estimate of drug-likeness (QED) is 0.802. The summed E-state index contributed by atoms with van der Waals surface area (Å²) in [4.78, 5) is 2.61. The van der Waals surface area contributed by atoms with Gasteiger partial charge in [-0.2, -0.15) is 0 Å². The first kappa shape index (κ1) is 11.8. The summed E-state index contributed by atoms with van der Waals surface area (Å²) in [5.74, 6) is 2.52. The Morgan fingerprint density at radius 3 is 2.61 bits per heavy atom. The maximum atomic E-state index is 5.43. The van der Waals surface area contributed by atoms with Crippen molar-refractivity contribution in [3.05, 3.63) is 23.3 Å². The van der Waals surface area contributed by atoms with Crippen molar-refractivity contribution in [1.29, 1.82) is 0 Å². The van der Waals surface area contributed by atoms with E-state index in [1.807, 2.05) is 0 Å². The first-order valence-electron chi connectivity index (χ1n) is 6.71. The van der Waals surface area contributed by atoms with E-state index in [0.717, 1.165) is 23.8 Å². The molecule has 0 unspecified atom stereocenters. The first-order chi connectivity index (χ1) is 8.72. The van der Waals surface area contributed by atoms with Crippen LogP contribution in [0, 0.1) is 5.92 Å². The van der Waals surface area contributed by atoms with Crippen LogP contribution in [0.2, 0.25) is 0 Å². The second-order valence-corrected chi connectivity index (χ2v) is 5.51. The van der Waals surface area contributed by atoms with E-state index in [0.29, 0.717) is 6.04 Å². The third-order valence-electron chi connectivity index (χ3n) is 4.29. The molecule has 2 aliphatic rings. The number of benzene rings is 1. The van der Waals surface area contributed by atoms with Crippen molar-refractivity contribution >= 4 is 0 Å². The van der Waals surface area contributed by atoms with Crippen LogP contribution in [0.1, 0.15) is 30.5 Å². The van der Waals surface area contributed by atoms with Gasteiger partial charge in [-0.15, -0.1) is 0 Å². The molecule has 0 aromatic heterocycles. The highest BCUT2D eigenvalue weighted by Crippen LogP contribution is 2.43. The van der Waals surface area contributed by atoms with Gasteiger partial charge in [0.2, 0.25) is 0 Å². The van der Waals surface area contributed by atoms with Gasteiger partial charge in [-0.3, -0.25) is 4.90 Å². The Kier molecular flexibility index (Phi) is 2.94. The fraction of sp³-hybridized carbons (Fsp3) is 0.600. The average Bonchev–Trinajstić information content (AvgIpc) is 2.77. The predicted octanol–water partition coefficient (Wildman–Crippen LogP) is 2.64. The second-order valence-electron chi connectivity index (χ2n) is 5.51. The molecule has 0 spiro atoms. The minimum atomic E-state index is 0.587. The van der Waals surface area contributed by atoms with E-state index in [1.165, 1.54) is 30.6 Å². The van der Waals surface area contributed by atoms with Crippen molar-refractivity contribution in [3.8, 4) is 11.5 Å². The van der Waals surface area contributed by atoms with E-state index in [1.54, 1.807) is 14.2 Å². The molecule has 3 nitrogen and oxygen atoms in total. The largest absolute Gasteiger partial charge is 0.493 e. The number of fused-ring (bicyclic) bond motifs is 3. The van der Waals surface area contributed by atoms with Gasteiger partial charge in [0.25, 0.3) is 0 Å². The molecule has 1 aromatic carbocycles. The van der Waals surface area contributed by atoms with E-state index >= 15 is 0 Å². The van der Waals surface area contributed by atoms with Crippen molar-refractivity contribution in [2.24, 2.45) is 5.92 Å². The molecule has 3 heteroatoms. The zero-order chi connectivity index (χ0) is 12.7. The molecule has 0 radical (unpaired) electrons. The number of methoxy groups -OCH3 is 2. The zero-order valence-corrected chi connectivity index (χ0v) is 11.4. The van der Waals surface area contributed by atoms with Crippen LogP contribution in [0.15, 0.2) is 12.1 Å². The van der Waals surface area contributed by atoms with Crippen LogP contribution in [0.4, 0.5) is 0 Å². The molecule has 0 N–H and O–H groups in total. The molecule has 0 aliphatic carbocycles. The SMILES string of the molecule is COc1cc2c(cc1OC)[C@@H]1C[C@H](C)CN1CC2. The molecule has 3 rings (SSSR count). The van der Waals surface area contributed by atoms with Gasteiger partial charge in [-0.05, 0) is 42.0 Å². The molecule has 1 saturated heterocycles. The van der Waals surface area contributed by atoms with Gasteiger partial charge < -0.3 is 9.47 Å². The van der Waals surface area contributed by atoms with Crippen LogP contribution in [-0.4, -0.2) is 32.2 Å². The van der Waals surface area contributed by atoms with Crippen LogP contribution in [0.25, 0.3) is 0 Å². The lowest BCUT2D eigenvalue weighted by molar-refractivity contribution is 0.239. The highest BCUT2D eigenvalue weighted by atomic mass is 16.5. The van der Waals surface area contributed by atoms with E-state index in [2.05, 4.69) is 24.0 Å². The summed E-state index contributed by atoms with van der Waals surface area (Å²) in [6.45, 7) is 4.76. The molecule has 2 aliphatic heterocycles. The third kappa shape index (κ3) is 1.77. The summed E-state index contributed by atoms with van der Waals surface area (Å²) in [5.41, 5.74) is 2.88. The van der Waals surface area contributed by atoms with Gasteiger partial charge in [0.05, 0.1) is 14.2 Å². The molecule has 18 heavy (non-hydrogen) atoms. The normalized spacial score (nSPS) is 26.6. The Balaban J connectivity index is 2.03. The van der Waals surface area contributed by atoms with Crippen molar-refractivity contribution < 1.29 is 9.47 Å². The predicted molar refractivity (Wildman–Crippen MR) is 71.3 cm³/mol. The van der Waals surface area contributed by atoms with Crippen molar-refractivity contribution in [3.63, 3.8) is 0 Å². The maximum absolute atomic E-state index is 5.43. The average molecular weight is 247 g/mol. The fourth-order valence-corrected chi connectivity index (χ4v) is 3.43. The van der Waals surface area contributed by atoms with Crippen molar-refractivity contribution in [1.82, 2.24) is 4.90 Å². The maximum Gasteiger partial charge on any atom is 0.161 e. The smallest absolute Gasteiger partial charge is 0.161 e. The fourth-order valence-electron chi connectivity index (χ4n) is 3.43. The Morgan fingerprint density at radius 2 is 1.89 bits per heavy atom. The van der Waals surface area contributed by atoms with Gasteiger partial charge in [0, 0.05) is 19.1 Å². The van der Waals surface area contributed by atoms with Gasteiger partial charge in [0.1, 0.15) is 0 Å². The zero-order valence-electron chi connectivity index (χ0n) is 11.4. The molecule has 2 atom stereocenters. The van der Waals surface area contributed by atoms with Crippen LogP contribution in [-0.2, 0) is 6.42 Å². The van der Waals surface area contributed by atoms with Gasteiger partial charge in [0.15, 0.2) is 11.5 Å². The topological polar surface area (TPSA) is 21.7 Å². The lowest BCUT2D eigenvalue weighted by Crippen LogP contribution is -2.31. The van der Waals surface area contributed by atoms with Crippen molar-refractivity contribution in [2.45, 2.75) is 25.8 Å². The van der Waals surface area contributed by atoms with Crippen LogP contribution < -0.4 is 9.47 Å². The molecular weight excluding hydrogens is 226 g/mol. The van der Waals surface area contributed by atoms with Crippen LogP contribution in [0.5, 0.6) is 11.5 Å². The molecule has 0 amide bonds. The highest BCUT2D eigenvalue weighted by molar-refractivity contribution is 5.49. The molecular formula is C15H21NO2. The minimum Gasteiger partial charge on any atom is -0.493 e. The van der Waals surface area contributed by atoms with Crippen LogP contribution in [0.3, 0.4) is 0 Å². The summed E-state index contributed by atoms with van der Waals surface area (Å²) in [6.07, 6.45) is 2.39. The Bertz CT molecular complexity index is 458. The number of hydrogen-bond acceptors (Lipinski definition) is 3. The van der Waals surface area contributed by atoms with E-state index in [-0.39, 0.29) is 0 Å². The number of rotatable bonds is 2. The molecule has 0 saturated carbocycles. The second kappa shape index (κ2) is 4.47. The van der Waals surface area contributed by atoms with Gasteiger partial charge >= 0.3 is 0 Å². The highest BCUT2D eigenvalue weighted by Gasteiger charge is 2.35. The third-order valence-corrected chi connectivity index (χ3v) is 4.29. The molecule has 1 aromatic rings. The standard InChI is InChI=1S/C15H21NO2/c1-10-6-13-12-8-15(18-3)14(17-2)7-11(12)4-5-16(13)9-10/h7-8,10,13H,4-6,9H2,1-3H3/t10-,13-/m0/s1. The Labute approximate surface area is 109 Å². The summed E-state index contributed by atoms with van der Waals surface area (Å²) in [7, 11) is 3.42. The van der Waals surface area contributed by atoms with Gasteiger partial charge in [-0.25, -0.2) is 0 Å².